The molecule has 2 aromatic heterocycles. The van der Waals surface area contributed by atoms with Gasteiger partial charge in [0.05, 0.1) is 5.56 Å². The number of nitrogens with one attached hydrogen (secondary N) is 1. The van der Waals surface area contributed by atoms with E-state index < -0.39 is 5.97 Å². The molecular formula is C14H12N2O2. The number of H-pyrrole nitrogens is 1. The number of aromatic nitrogens is 2. The normalized spacial score (nSPS) is 11.2. The van der Waals surface area contributed by atoms with E-state index >= 15 is 0 Å². The molecule has 1 aromatic carbocycles. The van der Waals surface area contributed by atoms with Gasteiger partial charge in [-0.3, -0.25) is 0 Å². The summed E-state index contributed by atoms with van der Waals surface area (Å²) in [5.74, 6) is -0.920. The van der Waals surface area contributed by atoms with E-state index in [-0.39, 0.29) is 5.56 Å². The molecule has 0 saturated heterocycles. The average Bonchev–Trinajstić information content (AvgIpc) is 2.66. The third-order valence-corrected chi connectivity index (χ3v) is 3.28. The number of aryl methyl sites for hydroxylation is 2. The van der Waals surface area contributed by atoms with Crippen LogP contribution in [-0.4, -0.2) is 21.0 Å². The Labute approximate surface area is 103 Å². The minimum absolute atomic E-state index is 0.280. The Morgan fingerprint density at radius 2 is 2.00 bits per heavy atom. The quantitative estimate of drug-likeness (QED) is 0.687. The minimum atomic E-state index is -0.920. The molecule has 0 aliphatic carbocycles. The van der Waals surface area contributed by atoms with Crippen LogP contribution in [0.4, 0.5) is 0 Å². The molecule has 0 amide bonds. The second-order valence-corrected chi connectivity index (χ2v) is 4.48. The van der Waals surface area contributed by atoms with Gasteiger partial charge in [-0.25, -0.2) is 9.78 Å². The summed E-state index contributed by atoms with van der Waals surface area (Å²) in [5, 5.41) is 11.0. The zero-order chi connectivity index (χ0) is 12.9. The Kier molecular flexibility index (Phi) is 2.13. The third kappa shape index (κ3) is 1.46. The van der Waals surface area contributed by atoms with Crippen LogP contribution >= 0.6 is 0 Å². The van der Waals surface area contributed by atoms with Crippen molar-refractivity contribution in [1.82, 2.24) is 9.97 Å². The smallest absolute Gasteiger partial charge is 0.335 e. The van der Waals surface area contributed by atoms with Crippen molar-refractivity contribution in [3.8, 4) is 0 Å². The van der Waals surface area contributed by atoms with Crippen molar-refractivity contribution in [2.45, 2.75) is 13.8 Å². The van der Waals surface area contributed by atoms with Gasteiger partial charge in [-0.05, 0) is 37.6 Å². The van der Waals surface area contributed by atoms with Gasteiger partial charge in [0.1, 0.15) is 5.65 Å². The summed E-state index contributed by atoms with van der Waals surface area (Å²) in [7, 11) is 0. The van der Waals surface area contributed by atoms with Gasteiger partial charge in [0.2, 0.25) is 0 Å². The first-order chi connectivity index (χ1) is 8.56. The number of hydrogen-bond donors (Lipinski definition) is 2. The molecule has 0 aliphatic rings. The van der Waals surface area contributed by atoms with Gasteiger partial charge in [-0.15, -0.1) is 0 Å². The van der Waals surface area contributed by atoms with Crippen molar-refractivity contribution in [3.63, 3.8) is 0 Å². The SMILES string of the molecule is Cc1cc2c(nc1C)[nH]c1cc(C(=O)O)ccc12. The molecule has 0 atom stereocenters. The summed E-state index contributed by atoms with van der Waals surface area (Å²) in [4.78, 5) is 18.6. The van der Waals surface area contributed by atoms with Gasteiger partial charge >= 0.3 is 5.97 Å². The number of aromatic amines is 1. The standard InChI is InChI=1S/C14H12N2O2/c1-7-5-11-10-4-3-9(14(17)18)6-12(10)16-13(11)15-8(7)2/h3-6H,1-2H3,(H,15,16)(H,17,18). The molecule has 3 rings (SSSR count). The van der Waals surface area contributed by atoms with Gasteiger partial charge in [0.25, 0.3) is 0 Å². The lowest BCUT2D eigenvalue weighted by atomic mass is 10.1. The van der Waals surface area contributed by atoms with E-state index in [9.17, 15) is 4.79 Å². The van der Waals surface area contributed by atoms with E-state index in [1.807, 2.05) is 19.9 Å². The van der Waals surface area contributed by atoms with Crippen LogP contribution < -0.4 is 0 Å². The van der Waals surface area contributed by atoms with Crippen molar-refractivity contribution < 1.29 is 9.90 Å². The Morgan fingerprint density at radius 1 is 1.22 bits per heavy atom. The number of carbonyl (C=O) groups is 1. The highest BCUT2D eigenvalue weighted by Crippen LogP contribution is 2.26. The van der Waals surface area contributed by atoms with E-state index in [2.05, 4.69) is 16.0 Å². The Balaban J connectivity index is 2.40. The van der Waals surface area contributed by atoms with Crippen molar-refractivity contribution in [2.24, 2.45) is 0 Å². The predicted octanol–water partition coefficient (Wildman–Crippen LogP) is 3.03. The van der Waals surface area contributed by atoms with Crippen LogP contribution in [0.2, 0.25) is 0 Å². The predicted molar refractivity (Wildman–Crippen MR) is 70.0 cm³/mol. The molecule has 4 heteroatoms. The largest absolute Gasteiger partial charge is 0.478 e. The maximum Gasteiger partial charge on any atom is 0.335 e. The molecule has 4 nitrogen and oxygen atoms in total. The molecule has 3 aromatic rings. The first kappa shape index (κ1) is 10.8. The number of fused-ring (bicyclic) bond motifs is 3. The fraction of sp³-hybridized carbons (Fsp3) is 0.143. The summed E-state index contributed by atoms with van der Waals surface area (Å²) in [5.41, 5.74) is 4.00. The topological polar surface area (TPSA) is 66.0 Å². The van der Waals surface area contributed by atoms with Crippen LogP contribution in [0.3, 0.4) is 0 Å². The van der Waals surface area contributed by atoms with Crippen LogP contribution in [0.25, 0.3) is 21.9 Å². The van der Waals surface area contributed by atoms with E-state index in [0.29, 0.717) is 0 Å². The Bertz CT molecular complexity index is 787. The fourth-order valence-electron chi connectivity index (χ4n) is 2.15. The van der Waals surface area contributed by atoms with Crippen LogP contribution in [0.5, 0.6) is 0 Å². The second kappa shape index (κ2) is 3.57. The summed E-state index contributed by atoms with van der Waals surface area (Å²) >= 11 is 0. The molecule has 90 valence electrons. The molecule has 0 spiro atoms. The van der Waals surface area contributed by atoms with Crippen molar-refractivity contribution in [1.29, 1.82) is 0 Å². The van der Waals surface area contributed by atoms with E-state index in [1.54, 1.807) is 12.1 Å². The number of carboxylic acids is 1. The molecule has 0 unspecified atom stereocenters. The minimum Gasteiger partial charge on any atom is -0.478 e. The highest BCUT2D eigenvalue weighted by molar-refractivity contribution is 6.07. The zero-order valence-electron chi connectivity index (χ0n) is 10.1. The molecular weight excluding hydrogens is 228 g/mol. The van der Waals surface area contributed by atoms with Crippen LogP contribution in [0, 0.1) is 13.8 Å². The highest BCUT2D eigenvalue weighted by Gasteiger charge is 2.10. The van der Waals surface area contributed by atoms with Crippen LogP contribution in [0.1, 0.15) is 21.6 Å². The molecule has 0 saturated carbocycles. The van der Waals surface area contributed by atoms with Gasteiger partial charge in [0, 0.05) is 22.0 Å². The van der Waals surface area contributed by atoms with Crippen molar-refractivity contribution >= 4 is 27.9 Å². The molecule has 2 heterocycles. The first-order valence-corrected chi connectivity index (χ1v) is 5.69. The number of nitrogens with zero attached hydrogens (tertiary/aromatic N) is 1. The molecule has 0 radical (unpaired) electrons. The molecule has 2 N–H and O–H groups in total. The zero-order valence-corrected chi connectivity index (χ0v) is 10.1. The summed E-state index contributed by atoms with van der Waals surface area (Å²) in [6.07, 6.45) is 0. The number of carboxylic acid groups (broad SMARTS) is 1. The van der Waals surface area contributed by atoms with Crippen LogP contribution in [0.15, 0.2) is 24.3 Å². The third-order valence-electron chi connectivity index (χ3n) is 3.28. The second-order valence-electron chi connectivity index (χ2n) is 4.48. The monoisotopic (exact) mass is 240 g/mol. The number of hydrogen-bond acceptors (Lipinski definition) is 2. The van der Waals surface area contributed by atoms with Gasteiger partial charge in [-0.1, -0.05) is 6.07 Å². The van der Waals surface area contributed by atoms with Gasteiger partial charge < -0.3 is 10.1 Å². The maximum atomic E-state index is 10.9. The summed E-state index contributed by atoms with van der Waals surface area (Å²) < 4.78 is 0. The number of pyridine rings is 1. The lowest BCUT2D eigenvalue weighted by Gasteiger charge is -1.98. The Morgan fingerprint density at radius 3 is 2.72 bits per heavy atom. The lowest BCUT2D eigenvalue weighted by molar-refractivity contribution is 0.0697. The molecule has 18 heavy (non-hydrogen) atoms. The summed E-state index contributed by atoms with van der Waals surface area (Å²) in [6, 6.07) is 7.17. The van der Waals surface area contributed by atoms with Crippen LogP contribution in [-0.2, 0) is 0 Å². The number of benzene rings is 1. The van der Waals surface area contributed by atoms with E-state index in [1.165, 1.54) is 0 Å². The van der Waals surface area contributed by atoms with Crippen molar-refractivity contribution in [3.05, 3.63) is 41.1 Å². The first-order valence-electron chi connectivity index (χ1n) is 5.69. The van der Waals surface area contributed by atoms with E-state index in [4.69, 9.17) is 5.11 Å². The number of rotatable bonds is 1. The maximum absolute atomic E-state index is 10.9. The number of aromatic carboxylic acids is 1. The molecule has 0 bridgehead atoms. The van der Waals surface area contributed by atoms with Crippen molar-refractivity contribution in [2.75, 3.05) is 0 Å². The summed E-state index contributed by atoms with van der Waals surface area (Å²) in [6.45, 7) is 3.98. The van der Waals surface area contributed by atoms with E-state index in [0.717, 1.165) is 33.2 Å². The molecule has 0 fully saturated rings. The van der Waals surface area contributed by atoms with Gasteiger partial charge in [0.15, 0.2) is 0 Å². The van der Waals surface area contributed by atoms with Gasteiger partial charge in [-0.2, -0.15) is 0 Å². The lowest BCUT2D eigenvalue weighted by Crippen LogP contribution is -1.94. The highest BCUT2D eigenvalue weighted by atomic mass is 16.4. The fourth-order valence-corrected chi connectivity index (χ4v) is 2.15. The Hall–Kier alpha value is -2.36. The average molecular weight is 240 g/mol. The molecule has 0 aliphatic heterocycles.